The highest BCUT2D eigenvalue weighted by atomic mass is 19.4. The van der Waals surface area contributed by atoms with Crippen LogP contribution in [0, 0.1) is 0 Å². The van der Waals surface area contributed by atoms with E-state index in [1.807, 2.05) is 6.92 Å². The van der Waals surface area contributed by atoms with Crippen LogP contribution in [0.4, 0.5) is 30.7 Å². The first-order valence-electron chi connectivity index (χ1n) is 8.88. The van der Waals surface area contributed by atoms with Crippen LogP contribution < -0.4 is 0 Å². The zero-order valence-electron chi connectivity index (χ0n) is 17.6. The van der Waals surface area contributed by atoms with Crippen LogP contribution in [0.1, 0.15) is 19.8 Å². The van der Waals surface area contributed by atoms with Crippen molar-refractivity contribution in [3.05, 3.63) is 38.0 Å². The van der Waals surface area contributed by atoms with Gasteiger partial charge in [0, 0.05) is 18.2 Å². The van der Waals surface area contributed by atoms with E-state index >= 15 is 0 Å². The number of esters is 3. The van der Waals surface area contributed by atoms with E-state index in [9.17, 15) is 45.1 Å². The summed E-state index contributed by atoms with van der Waals surface area (Å²) in [7, 11) is 0. The van der Waals surface area contributed by atoms with E-state index in [4.69, 9.17) is 5.11 Å². The van der Waals surface area contributed by atoms with Crippen molar-refractivity contribution in [2.24, 2.45) is 0 Å². The summed E-state index contributed by atoms with van der Waals surface area (Å²) in [5, 5.41) is 8.10. The molecule has 0 aliphatic carbocycles. The molecule has 0 bridgehead atoms. The highest BCUT2D eigenvalue weighted by molar-refractivity contribution is 5.81. The average Bonchev–Trinajstić information content (AvgIpc) is 2.77. The fourth-order valence-corrected chi connectivity index (χ4v) is 1.11. The Bertz CT molecular complexity index is 638. The van der Waals surface area contributed by atoms with E-state index in [0.717, 1.165) is 18.9 Å². The average molecular weight is 498 g/mol. The summed E-state index contributed by atoms with van der Waals surface area (Å²) in [6, 6.07) is 0. The Kier molecular flexibility index (Phi) is 18.5. The number of hydrogen-bond donors (Lipinski definition) is 1. The second-order valence-corrected chi connectivity index (χ2v) is 5.37. The number of carbonyl (C=O) groups is 3. The topological polar surface area (TPSA) is 99.1 Å². The molecular formula is C19H25F7O7. The maximum atomic E-state index is 12.4. The largest absolute Gasteiger partial charge is 0.473 e. The van der Waals surface area contributed by atoms with E-state index in [1.54, 1.807) is 0 Å². The lowest BCUT2D eigenvalue weighted by atomic mass is 10.1. The van der Waals surface area contributed by atoms with Crippen molar-refractivity contribution in [1.29, 1.82) is 0 Å². The molecule has 0 heterocycles. The molecule has 1 N–H and O–H groups in total. The van der Waals surface area contributed by atoms with Crippen molar-refractivity contribution in [2.45, 2.75) is 37.7 Å². The van der Waals surface area contributed by atoms with Crippen LogP contribution in [0.15, 0.2) is 38.0 Å². The minimum atomic E-state index is -6.16. The third kappa shape index (κ3) is 14.7. The predicted molar refractivity (Wildman–Crippen MR) is 101 cm³/mol. The minimum Gasteiger partial charge on any atom is -0.463 e. The van der Waals surface area contributed by atoms with Crippen molar-refractivity contribution in [3.8, 4) is 0 Å². The van der Waals surface area contributed by atoms with Gasteiger partial charge in [-0.1, -0.05) is 33.1 Å². The highest BCUT2D eigenvalue weighted by Gasteiger charge is 2.74. The Labute approximate surface area is 185 Å². The molecule has 0 unspecified atom stereocenters. The second kappa shape index (κ2) is 17.6. The molecule has 14 heteroatoms. The number of carbonyl (C=O) groups excluding carboxylic acids is 3. The number of unbranched alkanes of at least 4 members (excludes halogenated alkanes) is 1. The van der Waals surface area contributed by atoms with Gasteiger partial charge in [-0.15, -0.1) is 0 Å². The summed E-state index contributed by atoms with van der Waals surface area (Å²) in [6.07, 6.45) is -1.57. The summed E-state index contributed by atoms with van der Waals surface area (Å²) >= 11 is 0. The van der Waals surface area contributed by atoms with Gasteiger partial charge in [0.2, 0.25) is 0 Å². The Balaban J connectivity index is -0.000000449. The maximum Gasteiger partial charge on any atom is 0.473 e. The standard InChI is InChI=1S/C7H5F7O2.C7H12O2.C5H8O3/c1-2-4(15)16-7(13,14)6(11,12)5(9,10)3-8;1-3-5-6-9-7(8)4-2;1-2-5(7)8-4-3-6/h2H,1,3H2;4H,2-3,5-6H2,1H3;2,6H,1,3-4H2. The summed E-state index contributed by atoms with van der Waals surface area (Å²) in [4.78, 5) is 30.7. The van der Waals surface area contributed by atoms with Gasteiger partial charge in [-0.25, -0.2) is 18.8 Å². The molecule has 0 aliphatic rings. The van der Waals surface area contributed by atoms with E-state index in [0.29, 0.717) is 6.61 Å². The lowest BCUT2D eigenvalue weighted by Gasteiger charge is -2.29. The van der Waals surface area contributed by atoms with Crippen molar-refractivity contribution in [1.82, 2.24) is 0 Å². The van der Waals surface area contributed by atoms with Gasteiger partial charge in [-0.3, -0.25) is 0 Å². The number of aliphatic hydroxyl groups is 1. The molecule has 0 amide bonds. The SMILES string of the molecule is C=CC(=O)OC(F)(F)C(F)(F)C(F)(F)CF.C=CC(=O)OCCCC.C=CC(=O)OCCO. The molecule has 192 valence electrons. The van der Waals surface area contributed by atoms with Gasteiger partial charge in [0.05, 0.1) is 13.2 Å². The summed E-state index contributed by atoms with van der Waals surface area (Å²) in [5.74, 6) is -14.7. The number of rotatable bonds is 12. The van der Waals surface area contributed by atoms with Crippen LogP contribution >= 0.6 is 0 Å². The lowest BCUT2D eigenvalue weighted by Crippen LogP contribution is -2.56. The quantitative estimate of drug-likeness (QED) is 0.144. The van der Waals surface area contributed by atoms with Gasteiger partial charge in [-0.2, -0.15) is 26.3 Å². The molecule has 0 rings (SSSR count). The third-order valence-electron chi connectivity index (χ3n) is 2.80. The van der Waals surface area contributed by atoms with Crippen molar-refractivity contribution in [2.75, 3.05) is 26.5 Å². The van der Waals surface area contributed by atoms with Gasteiger partial charge in [0.1, 0.15) is 6.61 Å². The monoisotopic (exact) mass is 498 g/mol. The van der Waals surface area contributed by atoms with Crippen LogP contribution in [0.25, 0.3) is 0 Å². The number of alkyl halides is 7. The fraction of sp³-hybridized carbons (Fsp3) is 0.526. The molecule has 0 radical (unpaired) electrons. The molecule has 33 heavy (non-hydrogen) atoms. The molecule has 0 atom stereocenters. The number of hydrogen-bond acceptors (Lipinski definition) is 7. The van der Waals surface area contributed by atoms with Crippen LogP contribution in [0.3, 0.4) is 0 Å². The number of halogens is 7. The van der Waals surface area contributed by atoms with Gasteiger partial charge in [0.25, 0.3) is 0 Å². The molecule has 0 aromatic rings. The first kappa shape index (κ1) is 34.7. The molecule has 0 fully saturated rings. The lowest BCUT2D eigenvalue weighted by molar-refractivity contribution is -0.384. The first-order chi connectivity index (χ1) is 15.1. The van der Waals surface area contributed by atoms with Gasteiger partial charge in [-0.05, 0) is 6.42 Å². The second-order valence-electron chi connectivity index (χ2n) is 5.37. The molecule has 0 aliphatic heterocycles. The summed E-state index contributed by atoms with van der Waals surface area (Å²) < 4.78 is 97.3. The Morgan fingerprint density at radius 1 is 0.848 bits per heavy atom. The van der Waals surface area contributed by atoms with E-state index < -0.39 is 36.6 Å². The smallest absolute Gasteiger partial charge is 0.463 e. The normalized spacial score (nSPS) is 10.8. The fourth-order valence-electron chi connectivity index (χ4n) is 1.11. The van der Waals surface area contributed by atoms with Crippen LogP contribution in [-0.2, 0) is 28.6 Å². The predicted octanol–water partition coefficient (Wildman–Crippen LogP) is 3.77. The Morgan fingerprint density at radius 3 is 1.61 bits per heavy atom. The Hall–Kier alpha value is -2.90. The van der Waals surface area contributed by atoms with E-state index in [1.165, 1.54) is 6.08 Å². The van der Waals surface area contributed by atoms with Gasteiger partial charge in [0.15, 0.2) is 6.67 Å². The zero-order chi connectivity index (χ0) is 26.7. The van der Waals surface area contributed by atoms with E-state index in [-0.39, 0.29) is 25.3 Å². The molecule has 0 aromatic heterocycles. The zero-order valence-corrected chi connectivity index (χ0v) is 17.6. The number of aliphatic hydroxyl groups excluding tert-OH is 1. The molecule has 7 nitrogen and oxygen atoms in total. The molecule has 0 spiro atoms. The van der Waals surface area contributed by atoms with Gasteiger partial charge < -0.3 is 19.3 Å². The van der Waals surface area contributed by atoms with Crippen LogP contribution in [-0.4, -0.2) is 67.5 Å². The highest BCUT2D eigenvalue weighted by Crippen LogP contribution is 2.46. The molecule has 0 saturated heterocycles. The van der Waals surface area contributed by atoms with Crippen molar-refractivity contribution >= 4 is 17.9 Å². The summed E-state index contributed by atoms with van der Waals surface area (Å²) in [5.41, 5.74) is 0. The molecule has 0 saturated carbocycles. The minimum absolute atomic E-state index is 0.0465. The first-order valence-corrected chi connectivity index (χ1v) is 8.88. The van der Waals surface area contributed by atoms with E-state index in [2.05, 4.69) is 33.9 Å². The molecule has 0 aromatic carbocycles. The Morgan fingerprint density at radius 2 is 1.27 bits per heavy atom. The number of ether oxygens (including phenoxy) is 3. The molecular weight excluding hydrogens is 473 g/mol. The summed E-state index contributed by atoms with van der Waals surface area (Å²) in [6.45, 7) is 8.46. The van der Waals surface area contributed by atoms with Crippen molar-refractivity contribution in [3.63, 3.8) is 0 Å². The maximum absolute atomic E-state index is 12.4. The van der Waals surface area contributed by atoms with Crippen LogP contribution in [0.2, 0.25) is 0 Å². The van der Waals surface area contributed by atoms with Crippen molar-refractivity contribution < 1.29 is 64.4 Å². The van der Waals surface area contributed by atoms with Gasteiger partial charge >= 0.3 is 35.9 Å². The van der Waals surface area contributed by atoms with Crippen LogP contribution in [0.5, 0.6) is 0 Å². The third-order valence-corrected chi connectivity index (χ3v) is 2.80.